The number of para-hydroxylation sites is 1. The van der Waals surface area contributed by atoms with Gasteiger partial charge in [-0.1, -0.05) is 24.3 Å². The predicted octanol–water partition coefficient (Wildman–Crippen LogP) is 2.91. The van der Waals surface area contributed by atoms with Crippen molar-refractivity contribution in [3.8, 4) is 5.75 Å². The van der Waals surface area contributed by atoms with E-state index in [-0.39, 0.29) is 5.56 Å². The van der Waals surface area contributed by atoms with Gasteiger partial charge in [-0.2, -0.15) is 0 Å². The van der Waals surface area contributed by atoms with Crippen molar-refractivity contribution in [3.63, 3.8) is 0 Å². The number of aryl methyl sites for hydroxylation is 1. The minimum Gasteiger partial charge on any atom is -0.492 e. The first-order valence-corrected chi connectivity index (χ1v) is 9.95. The van der Waals surface area contributed by atoms with Crippen molar-refractivity contribution < 1.29 is 4.74 Å². The first-order chi connectivity index (χ1) is 13.6. The molecule has 0 radical (unpaired) electrons. The maximum Gasteiger partial charge on any atom is 0.250 e. The lowest BCUT2D eigenvalue weighted by atomic mass is 10.3. The minimum atomic E-state index is 0.0648. The standard InChI is InChI=1S/C22H32N4O2/c1-4-23-22(25(3)17-18-28-20-12-6-5-7-13-20)24-15-8-9-16-26-19(2)11-10-14-21(26)27/h5-7,10-14H,4,8-9,15-18H2,1-3H3,(H,23,24). The van der Waals surface area contributed by atoms with Crippen molar-refractivity contribution in [2.75, 3.05) is 33.3 Å². The summed E-state index contributed by atoms with van der Waals surface area (Å²) in [5, 5.41) is 3.32. The van der Waals surface area contributed by atoms with Gasteiger partial charge in [0.2, 0.25) is 0 Å². The van der Waals surface area contributed by atoms with Crippen molar-refractivity contribution in [2.45, 2.75) is 33.2 Å². The summed E-state index contributed by atoms with van der Waals surface area (Å²) < 4.78 is 7.58. The van der Waals surface area contributed by atoms with Crippen LogP contribution in [0.3, 0.4) is 0 Å². The van der Waals surface area contributed by atoms with E-state index in [1.807, 2.05) is 54.9 Å². The molecule has 0 bridgehead atoms. The number of nitrogens with one attached hydrogen (secondary N) is 1. The molecular weight excluding hydrogens is 352 g/mol. The van der Waals surface area contributed by atoms with Crippen molar-refractivity contribution >= 4 is 5.96 Å². The molecule has 1 aromatic carbocycles. The van der Waals surface area contributed by atoms with E-state index in [9.17, 15) is 4.79 Å². The van der Waals surface area contributed by atoms with Crippen LogP contribution >= 0.6 is 0 Å². The van der Waals surface area contributed by atoms with E-state index in [4.69, 9.17) is 9.73 Å². The van der Waals surface area contributed by atoms with Gasteiger partial charge in [0.1, 0.15) is 12.4 Å². The molecule has 0 aliphatic carbocycles. The third-order valence-electron chi connectivity index (χ3n) is 4.45. The first-order valence-electron chi connectivity index (χ1n) is 9.95. The molecule has 1 N–H and O–H groups in total. The van der Waals surface area contributed by atoms with Crippen LogP contribution in [0.15, 0.2) is 58.3 Å². The number of hydrogen-bond donors (Lipinski definition) is 1. The van der Waals surface area contributed by atoms with Crippen LogP contribution in [-0.4, -0.2) is 48.7 Å². The second-order valence-corrected chi connectivity index (χ2v) is 6.68. The van der Waals surface area contributed by atoms with E-state index >= 15 is 0 Å². The van der Waals surface area contributed by atoms with Crippen molar-refractivity contribution in [3.05, 3.63) is 64.6 Å². The minimum absolute atomic E-state index is 0.0648. The van der Waals surface area contributed by atoms with Crippen LogP contribution in [0.2, 0.25) is 0 Å². The van der Waals surface area contributed by atoms with Gasteiger partial charge in [0.15, 0.2) is 5.96 Å². The Hall–Kier alpha value is -2.76. The van der Waals surface area contributed by atoms with Gasteiger partial charge in [-0.25, -0.2) is 0 Å². The lowest BCUT2D eigenvalue weighted by Gasteiger charge is -2.22. The summed E-state index contributed by atoms with van der Waals surface area (Å²) in [6.45, 7) is 7.66. The third kappa shape index (κ3) is 7.10. The number of ether oxygens (including phenoxy) is 1. The van der Waals surface area contributed by atoms with E-state index in [0.717, 1.165) is 56.4 Å². The van der Waals surface area contributed by atoms with Crippen LogP contribution < -0.4 is 15.6 Å². The molecule has 28 heavy (non-hydrogen) atoms. The molecule has 2 aromatic rings. The molecule has 0 atom stereocenters. The highest BCUT2D eigenvalue weighted by Gasteiger charge is 2.06. The third-order valence-corrected chi connectivity index (χ3v) is 4.45. The molecule has 152 valence electrons. The van der Waals surface area contributed by atoms with Crippen LogP contribution in [0.5, 0.6) is 5.75 Å². The summed E-state index contributed by atoms with van der Waals surface area (Å²) in [4.78, 5) is 18.7. The van der Waals surface area contributed by atoms with E-state index in [2.05, 4.69) is 17.1 Å². The monoisotopic (exact) mass is 384 g/mol. The lowest BCUT2D eigenvalue weighted by Crippen LogP contribution is -2.41. The zero-order valence-electron chi connectivity index (χ0n) is 17.2. The molecule has 0 spiro atoms. The van der Waals surface area contributed by atoms with Gasteiger partial charge in [-0.3, -0.25) is 9.79 Å². The number of rotatable bonds is 10. The van der Waals surface area contributed by atoms with Gasteiger partial charge in [-0.15, -0.1) is 0 Å². The first kappa shape index (κ1) is 21.5. The summed E-state index contributed by atoms with van der Waals surface area (Å²) in [7, 11) is 2.02. The van der Waals surface area contributed by atoms with Gasteiger partial charge >= 0.3 is 0 Å². The number of unbranched alkanes of at least 4 members (excludes halogenated alkanes) is 1. The van der Waals surface area contributed by atoms with Crippen LogP contribution in [0.1, 0.15) is 25.5 Å². The van der Waals surface area contributed by atoms with Crippen LogP contribution in [-0.2, 0) is 6.54 Å². The molecule has 6 heteroatoms. The zero-order chi connectivity index (χ0) is 20.2. The summed E-state index contributed by atoms with van der Waals surface area (Å²) in [5.74, 6) is 1.76. The Morgan fingerprint density at radius 2 is 1.93 bits per heavy atom. The van der Waals surface area contributed by atoms with E-state index < -0.39 is 0 Å². The Morgan fingerprint density at radius 1 is 1.14 bits per heavy atom. The number of aromatic nitrogens is 1. The van der Waals surface area contributed by atoms with E-state index in [0.29, 0.717) is 6.61 Å². The van der Waals surface area contributed by atoms with Crippen molar-refractivity contribution in [1.29, 1.82) is 0 Å². The molecule has 0 aliphatic rings. The molecule has 2 rings (SSSR count). The molecule has 0 saturated carbocycles. The molecular formula is C22H32N4O2. The van der Waals surface area contributed by atoms with E-state index in [1.165, 1.54) is 0 Å². The van der Waals surface area contributed by atoms with Crippen LogP contribution in [0, 0.1) is 6.92 Å². The number of aliphatic imine (C=N–C) groups is 1. The molecule has 1 heterocycles. The average Bonchev–Trinajstić information content (AvgIpc) is 2.69. The Bertz CT molecular complexity index is 787. The Kier molecular flexibility index (Phi) is 9.11. The SMILES string of the molecule is CCNC(=NCCCCn1c(C)cccc1=O)N(C)CCOc1ccccc1. The van der Waals surface area contributed by atoms with Crippen molar-refractivity contribution in [2.24, 2.45) is 4.99 Å². The molecule has 0 amide bonds. The summed E-state index contributed by atoms with van der Waals surface area (Å²) >= 11 is 0. The Labute approximate surface area is 167 Å². The number of hydrogen-bond acceptors (Lipinski definition) is 3. The topological polar surface area (TPSA) is 58.9 Å². The summed E-state index contributed by atoms with van der Waals surface area (Å²) in [6.07, 6.45) is 1.86. The predicted molar refractivity (Wildman–Crippen MR) is 115 cm³/mol. The zero-order valence-corrected chi connectivity index (χ0v) is 17.2. The van der Waals surface area contributed by atoms with E-state index in [1.54, 1.807) is 12.1 Å². The number of guanidine groups is 1. The van der Waals surface area contributed by atoms with Crippen LogP contribution in [0.25, 0.3) is 0 Å². The fourth-order valence-corrected chi connectivity index (χ4v) is 2.87. The highest BCUT2D eigenvalue weighted by molar-refractivity contribution is 5.79. The molecule has 0 saturated heterocycles. The normalized spacial score (nSPS) is 11.3. The highest BCUT2D eigenvalue weighted by atomic mass is 16.5. The summed E-state index contributed by atoms with van der Waals surface area (Å²) in [6, 6.07) is 15.2. The average molecular weight is 385 g/mol. The van der Waals surface area contributed by atoms with Gasteiger partial charge in [0.05, 0.1) is 6.54 Å². The molecule has 0 aliphatic heterocycles. The quantitative estimate of drug-likeness (QED) is 0.389. The maximum atomic E-state index is 11.9. The number of pyridine rings is 1. The second-order valence-electron chi connectivity index (χ2n) is 6.68. The fourth-order valence-electron chi connectivity index (χ4n) is 2.87. The van der Waals surface area contributed by atoms with Gasteiger partial charge in [0.25, 0.3) is 5.56 Å². The largest absolute Gasteiger partial charge is 0.492 e. The summed E-state index contributed by atoms with van der Waals surface area (Å²) in [5.41, 5.74) is 1.07. The smallest absolute Gasteiger partial charge is 0.250 e. The molecule has 6 nitrogen and oxygen atoms in total. The Morgan fingerprint density at radius 3 is 2.64 bits per heavy atom. The highest BCUT2D eigenvalue weighted by Crippen LogP contribution is 2.07. The second kappa shape index (κ2) is 11.8. The Balaban J connectivity index is 1.76. The molecule has 1 aromatic heterocycles. The number of benzene rings is 1. The number of nitrogens with zero attached hydrogens (tertiary/aromatic N) is 3. The van der Waals surface area contributed by atoms with Crippen LogP contribution in [0.4, 0.5) is 0 Å². The lowest BCUT2D eigenvalue weighted by molar-refractivity contribution is 0.281. The fraction of sp³-hybridized carbons (Fsp3) is 0.455. The molecule has 0 fully saturated rings. The van der Waals surface area contributed by atoms with Gasteiger partial charge < -0.3 is 19.5 Å². The van der Waals surface area contributed by atoms with Gasteiger partial charge in [0, 0.05) is 38.4 Å². The van der Waals surface area contributed by atoms with Gasteiger partial charge in [-0.05, 0) is 44.9 Å². The molecule has 0 unspecified atom stereocenters. The maximum absolute atomic E-state index is 11.9. The number of likely N-dealkylation sites (N-methyl/N-ethyl adjacent to an activating group) is 1. The van der Waals surface area contributed by atoms with Crippen molar-refractivity contribution in [1.82, 2.24) is 14.8 Å².